The van der Waals surface area contributed by atoms with Crippen molar-refractivity contribution in [1.29, 1.82) is 0 Å². The summed E-state index contributed by atoms with van der Waals surface area (Å²) < 4.78 is 5.43. The van der Waals surface area contributed by atoms with E-state index in [1.165, 1.54) is 4.90 Å². The molecular weight excluding hydrogens is 308 g/mol. The van der Waals surface area contributed by atoms with Crippen LogP contribution in [0, 0.1) is 0 Å². The lowest BCUT2D eigenvalue weighted by atomic mass is 9.92. The Morgan fingerprint density at radius 3 is 2.65 bits per heavy atom. The summed E-state index contributed by atoms with van der Waals surface area (Å²) in [7, 11) is 0. The zero-order valence-electron chi connectivity index (χ0n) is 13.0. The van der Waals surface area contributed by atoms with Gasteiger partial charge in [-0.2, -0.15) is 0 Å². The number of carbonyl (C=O) groups is 1. The van der Waals surface area contributed by atoms with E-state index in [9.17, 15) is 4.79 Å². The number of furan rings is 1. The molecule has 0 unspecified atom stereocenters. The number of thioether (sulfide) groups is 1. The molecule has 1 aromatic carbocycles. The van der Waals surface area contributed by atoms with Crippen LogP contribution in [0.5, 0.6) is 0 Å². The number of nitrogens with two attached hydrogens (primary N) is 1. The lowest BCUT2D eigenvalue weighted by Gasteiger charge is -2.26. The van der Waals surface area contributed by atoms with E-state index in [0.29, 0.717) is 5.76 Å². The van der Waals surface area contributed by atoms with E-state index in [1.54, 1.807) is 18.0 Å². The Bertz CT molecular complexity index is 633. The Morgan fingerprint density at radius 1 is 1.17 bits per heavy atom. The molecule has 1 amide bonds. The lowest BCUT2D eigenvalue weighted by molar-refractivity contribution is 0.0896. The average molecular weight is 330 g/mol. The fourth-order valence-electron chi connectivity index (χ4n) is 2.84. The van der Waals surface area contributed by atoms with Crippen molar-refractivity contribution in [3.63, 3.8) is 0 Å². The molecule has 5 heteroatoms. The van der Waals surface area contributed by atoms with Gasteiger partial charge in [0, 0.05) is 28.3 Å². The zero-order valence-corrected chi connectivity index (χ0v) is 13.9. The highest BCUT2D eigenvalue weighted by atomic mass is 32.2. The highest BCUT2D eigenvalue weighted by Crippen LogP contribution is 2.25. The molecule has 0 saturated heterocycles. The molecule has 4 nitrogen and oxygen atoms in total. The predicted octanol–water partition coefficient (Wildman–Crippen LogP) is 3.57. The molecule has 0 bridgehead atoms. The van der Waals surface area contributed by atoms with Gasteiger partial charge in [-0.3, -0.25) is 4.79 Å². The van der Waals surface area contributed by atoms with Gasteiger partial charge in [0.05, 0.1) is 6.26 Å². The first-order valence-corrected chi connectivity index (χ1v) is 9.01. The molecule has 0 spiro atoms. The van der Waals surface area contributed by atoms with Crippen LogP contribution in [-0.4, -0.2) is 18.0 Å². The first-order chi connectivity index (χ1) is 11.2. The van der Waals surface area contributed by atoms with Gasteiger partial charge >= 0.3 is 0 Å². The van der Waals surface area contributed by atoms with Crippen LogP contribution < -0.4 is 11.1 Å². The topological polar surface area (TPSA) is 68.3 Å². The highest BCUT2D eigenvalue weighted by molar-refractivity contribution is 7.98. The van der Waals surface area contributed by atoms with Crippen molar-refractivity contribution < 1.29 is 9.21 Å². The summed E-state index contributed by atoms with van der Waals surface area (Å²) in [6.45, 7) is 0. The predicted molar refractivity (Wildman–Crippen MR) is 92.4 cm³/mol. The summed E-state index contributed by atoms with van der Waals surface area (Å²) in [5, 5.41) is 3.08. The molecule has 2 aromatic rings. The number of benzene rings is 1. The summed E-state index contributed by atoms with van der Waals surface area (Å²) in [6.07, 6.45) is 5.43. The Balaban J connectivity index is 1.58. The molecular formula is C18H22N2O2S. The Hall–Kier alpha value is -1.72. The maximum Gasteiger partial charge on any atom is 0.287 e. The normalized spacial score (nSPS) is 21.1. The third-order valence-corrected chi connectivity index (χ3v) is 5.26. The molecule has 1 heterocycles. The number of nitrogens with one attached hydrogen (secondary N) is 1. The summed E-state index contributed by atoms with van der Waals surface area (Å²) >= 11 is 1.70. The Morgan fingerprint density at radius 2 is 1.91 bits per heavy atom. The Labute approximate surface area is 140 Å². The van der Waals surface area contributed by atoms with Crippen molar-refractivity contribution in [3.8, 4) is 0 Å². The van der Waals surface area contributed by atoms with Gasteiger partial charge in [-0.25, -0.2) is 0 Å². The van der Waals surface area contributed by atoms with E-state index in [-0.39, 0.29) is 18.0 Å². The number of amides is 1. The van der Waals surface area contributed by atoms with Crippen LogP contribution in [0.1, 0.15) is 41.8 Å². The molecule has 0 atom stereocenters. The van der Waals surface area contributed by atoms with Gasteiger partial charge in [0.1, 0.15) is 0 Å². The minimum Gasteiger partial charge on any atom is -0.459 e. The lowest BCUT2D eigenvalue weighted by Crippen LogP contribution is -2.40. The van der Waals surface area contributed by atoms with Gasteiger partial charge in [0.2, 0.25) is 0 Å². The molecule has 0 aliphatic heterocycles. The van der Waals surface area contributed by atoms with Crippen molar-refractivity contribution in [1.82, 2.24) is 5.32 Å². The van der Waals surface area contributed by atoms with Crippen LogP contribution in [0.2, 0.25) is 0 Å². The van der Waals surface area contributed by atoms with Gasteiger partial charge in [-0.15, -0.1) is 11.8 Å². The van der Waals surface area contributed by atoms with Crippen LogP contribution in [0.3, 0.4) is 0 Å². The largest absolute Gasteiger partial charge is 0.459 e. The van der Waals surface area contributed by atoms with Crippen LogP contribution in [0.15, 0.2) is 52.0 Å². The molecule has 1 aliphatic rings. The monoisotopic (exact) mass is 330 g/mol. The summed E-state index contributed by atoms with van der Waals surface area (Å²) in [5.74, 6) is 1.04. The summed E-state index contributed by atoms with van der Waals surface area (Å²) in [4.78, 5) is 13.6. The number of hydrogen-bond donors (Lipinski definition) is 2. The van der Waals surface area contributed by atoms with Crippen LogP contribution >= 0.6 is 11.8 Å². The molecule has 1 aromatic heterocycles. The molecule has 3 N–H and O–H groups in total. The first kappa shape index (κ1) is 16.1. The molecule has 1 saturated carbocycles. The van der Waals surface area contributed by atoms with Crippen molar-refractivity contribution >= 4 is 17.7 Å². The fraction of sp³-hybridized carbons (Fsp3) is 0.389. The van der Waals surface area contributed by atoms with Crippen LogP contribution in [-0.2, 0) is 5.75 Å². The van der Waals surface area contributed by atoms with E-state index in [2.05, 4.69) is 17.4 Å². The van der Waals surface area contributed by atoms with Crippen molar-refractivity contribution in [2.24, 2.45) is 5.73 Å². The summed E-state index contributed by atoms with van der Waals surface area (Å²) in [6, 6.07) is 12.5. The minimum absolute atomic E-state index is 0.112. The average Bonchev–Trinajstić information content (AvgIpc) is 3.05. The summed E-state index contributed by atoms with van der Waals surface area (Å²) in [5.41, 5.74) is 6.84. The molecule has 1 aliphatic carbocycles. The van der Waals surface area contributed by atoms with Crippen molar-refractivity contribution in [2.75, 3.05) is 0 Å². The number of rotatable bonds is 5. The fourth-order valence-corrected chi connectivity index (χ4v) is 3.74. The van der Waals surface area contributed by atoms with Gasteiger partial charge < -0.3 is 15.5 Å². The molecule has 122 valence electrons. The van der Waals surface area contributed by atoms with E-state index < -0.39 is 0 Å². The molecule has 0 radical (unpaired) electrons. The van der Waals surface area contributed by atoms with Crippen molar-refractivity contribution in [2.45, 2.75) is 48.4 Å². The Kier molecular flexibility index (Phi) is 5.41. The second-order valence-electron chi connectivity index (χ2n) is 5.96. The van der Waals surface area contributed by atoms with Crippen LogP contribution in [0.4, 0.5) is 0 Å². The minimum atomic E-state index is -0.112. The molecule has 23 heavy (non-hydrogen) atoms. The number of carbonyl (C=O) groups excluding carboxylic acids is 1. The zero-order chi connectivity index (χ0) is 16.1. The van der Waals surface area contributed by atoms with Gasteiger partial charge in [0.15, 0.2) is 5.76 Å². The maximum absolute atomic E-state index is 12.4. The highest BCUT2D eigenvalue weighted by Gasteiger charge is 2.23. The smallest absolute Gasteiger partial charge is 0.287 e. The molecule has 3 rings (SSSR count). The molecule has 1 fully saturated rings. The van der Waals surface area contributed by atoms with Gasteiger partial charge in [0.25, 0.3) is 5.91 Å². The van der Waals surface area contributed by atoms with E-state index in [1.807, 2.05) is 24.3 Å². The third kappa shape index (κ3) is 4.39. The van der Waals surface area contributed by atoms with Gasteiger partial charge in [-0.05, 0) is 43.9 Å². The number of hydrogen-bond acceptors (Lipinski definition) is 4. The van der Waals surface area contributed by atoms with E-state index in [4.69, 9.17) is 10.2 Å². The SMILES string of the molecule is NC1CCC(NC(=O)c2occc2CSc2ccccc2)CC1. The van der Waals surface area contributed by atoms with Crippen LogP contribution in [0.25, 0.3) is 0 Å². The van der Waals surface area contributed by atoms with E-state index in [0.717, 1.165) is 37.0 Å². The second kappa shape index (κ2) is 7.70. The second-order valence-corrected chi connectivity index (χ2v) is 7.01. The van der Waals surface area contributed by atoms with Crippen molar-refractivity contribution in [3.05, 3.63) is 54.0 Å². The third-order valence-electron chi connectivity index (χ3n) is 4.20. The quantitative estimate of drug-likeness (QED) is 0.822. The van der Waals surface area contributed by atoms with E-state index >= 15 is 0 Å². The van der Waals surface area contributed by atoms with Gasteiger partial charge in [-0.1, -0.05) is 18.2 Å². The first-order valence-electron chi connectivity index (χ1n) is 8.03. The maximum atomic E-state index is 12.4. The standard InChI is InChI=1S/C18H22N2O2S/c19-14-6-8-15(9-7-14)20-18(21)17-13(10-11-22-17)12-23-16-4-2-1-3-5-16/h1-5,10-11,14-15H,6-9,12,19H2,(H,20,21).